The molecule has 0 fully saturated rings. The molecule has 0 aromatic heterocycles. The Hall–Kier alpha value is -1.45. The lowest BCUT2D eigenvalue weighted by Gasteiger charge is -2.10. The number of ether oxygens (including phenoxy) is 1. The molecule has 3 heteroatoms. The van der Waals surface area contributed by atoms with Crippen LogP contribution >= 0.6 is 0 Å². The molecular weight excluding hydrogens is 232 g/mol. The van der Waals surface area contributed by atoms with Crippen LogP contribution in [0.1, 0.15) is 5.56 Å². The molecule has 0 radical (unpaired) electrons. The SMILES string of the molecule is COc1cccc([S+]([O-])c2ccc(C)cc2)c1. The molecule has 0 aliphatic rings. The van der Waals surface area contributed by atoms with Gasteiger partial charge in [0.2, 0.25) is 0 Å². The van der Waals surface area contributed by atoms with E-state index in [0.717, 1.165) is 21.1 Å². The second kappa shape index (κ2) is 5.25. The number of methoxy groups -OCH3 is 1. The van der Waals surface area contributed by atoms with Gasteiger partial charge in [-0.2, -0.15) is 0 Å². The van der Waals surface area contributed by atoms with Gasteiger partial charge in [0.05, 0.1) is 7.11 Å². The van der Waals surface area contributed by atoms with Gasteiger partial charge in [0.1, 0.15) is 5.75 Å². The van der Waals surface area contributed by atoms with Gasteiger partial charge >= 0.3 is 0 Å². The van der Waals surface area contributed by atoms with E-state index in [1.54, 1.807) is 13.2 Å². The molecule has 0 spiro atoms. The summed E-state index contributed by atoms with van der Waals surface area (Å²) < 4.78 is 17.4. The van der Waals surface area contributed by atoms with Crippen molar-refractivity contribution in [1.29, 1.82) is 0 Å². The van der Waals surface area contributed by atoms with E-state index < -0.39 is 11.2 Å². The molecule has 1 unspecified atom stereocenters. The van der Waals surface area contributed by atoms with Gasteiger partial charge in [0, 0.05) is 17.2 Å². The summed E-state index contributed by atoms with van der Waals surface area (Å²) in [6.07, 6.45) is 0. The van der Waals surface area contributed by atoms with Crippen LogP contribution in [0, 0.1) is 6.92 Å². The fourth-order valence-electron chi connectivity index (χ4n) is 1.51. The Balaban J connectivity index is 2.29. The molecule has 2 rings (SSSR count). The lowest BCUT2D eigenvalue weighted by molar-refractivity contribution is 0.413. The molecule has 2 aromatic rings. The van der Waals surface area contributed by atoms with Crippen molar-refractivity contribution in [3.05, 3.63) is 54.1 Å². The van der Waals surface area contributed by atoms with Crippen molar-refractivity contribution in [2.24, 2.45) is 0 Å². The zero-order valence-corrected chi connectivity index (χ0v) is 10.7. The molecule has 17 heavy (non-hydrogen) atoms. The van der Waals surface area contributed by atoms with Crippen molar-refractivity contribution < 1.29 is 9.29 Å². The number of hydrogen-bond acceptors (Lipinski definition) is 2. The van der Waals surface area contributed by atoms with Crippen LogP contribution in [0.5, 0.6) is 5.75 Å². The minimum atomic E-state index is -1.15. The monoisotopic (exact) mass is 246 g/mol. The van der Waals surface area contributed by atoms with Gasteiger partial charge in [-0.1, -0.05) is 23.8 Å². The summed E-state index contributed by atoms with van der Waals surface area (Å²) in [6, 6.07) is 15.1. The molecule has 0 N–H and O–H groups in total. The summed E-state index contributed by atoms with van der Waals surface area (Å²) in [6.45, 7) is 2.01. The van der Waals surface area contributed by atoms with E-state index in [-0.39, 0.29) is 0 Å². The Kier molecular flexibility index (Phi) is 3.71. The topological polar surface area (TPSA) is 32.3 Å². The predicted octanol–water partition coefficient (Wildman–Crippen LogP) is 3.17. The molecule has 0 saturated carbocycles. The summed E-state index contributed by atoms with van der Waals surface area (Å²) in [7, 11) is 1.61. The summed E-state index contributed by atoms with van der Waals surface area (Å²) in [5.41, 5.74) is 1.16. The Bertz CT molecular complexity index is 494. The number of aryl methyl sites for hydroxylation is 1. The minimum absolute atomic E-state index is 0.725. The van der Waals surface area contributed by atoms with Gasteiger partial charge in [-0.3, -0.25) is 0 Å². The third kappa shape index (κ3) is 2.81. The largest absolute Gasteiger partial charge is 0.606 e. The molecular formula is C14H14O2S. The lowest BCUT2D eigenvalue weighted by atomic mass is 10.2. The van der Waals surface area contributed by atoms with Gasteiger partial charge in [0.15, 0.2) is 9.79 Å². The van der Waals surface area contributed by atoms with Gasteiger partial charge in [-0.05, 0) is 31.2 Å². The average molecular weight is 246 g/mol. The van der Waals surface area contributed by atoms with Crippen molar-refractivity contribution in [3.8, 4) is 5.75 Å². The highest BCUT2D eigenvalue weighted by Gasteiger charge is 2.14. The molecule has 0 bridgehead atoms. The maximum atomic E-state index is 12.3. The second-order valence-electron chi connectivity index (χ2n) is 3.76. The molecule has 88 valence electrons. The zero-order valence-electron chi connectivity index (χ0n) is 9.84. The van der Waals surface area contributed by atoms with Crippen molar-refractivity contribution >= 4 is 11.2 Å². The summed E-state index contributed by atoms with van der Waals surface area (Å²) in [4.78, 5) is 1.57. The van der Waals surface area contributed by atoms with Crippen LogP contribution in [0.25, 0.3) is 0 Å². The quantitative estimate of drug-likeness (QED) is 0.779. The Morgan fingerprint density at radius 3 is 2.35 bits per heavy atom. The van der Waals surface area contributed by atoms with Gasteiger partial charge < -0.3 is 9.29 Å². The maximum absolute atomic E-state index is 12.3. The van der Waals surface area contributed by atoms with Crippen molar-refractivity contribution in [2.75, 3.05) is 7.11 Å². The van der Waals surface area contributed by atoms with E-state index in [4.69, 9.17) is 4.74 Å². The molecule has 0 amide bonds. The van der Waals surface area contributed by atoms with Crippen LogP contribution in [0.15, 0.2) is 58.3 Å². The molecule has 0 aliphatic carbocycles. The highest BCUT2D eigenvalue weighted by Crippen LogP contribution is 2.24. The molecule has 0 heterocycles. The minimum Gasteiger partial charge on any atom is -0.606 e. The highest BCUT2D eigenvalue weighted by atomic mass is 32.2. The van der Waals surface area contributed by atoms with Crippen LogP contribution in [0.3, 0.4) is 0 Å². The number of hydrogen-bond donors (Lipinski definition) is 0. The third-order valence-corrected chi connectivity index (χ3v) is 3.87. The smallest absolute Gasteiger partial charge is 0.162 e. The van der Waals surface area contributed by atoms with Crippen molar-refractivity contribution in [1.82, 2.24) is 0 Å². The lowest BCUT2D eigenvalue weighted by Crippen LogP contribution is -2.02. The maximum Gasteiger partial charge on any atom is 0.162 e. The van der Waals surface area contributed by atoms with Gasteiger partial charge in [-0.25, -0.2) is 0 Å². The fraction of sp³-hybridized carbons (Fsp3) is 0.143. The summed E-state index contributed by atoms with van der Waals surface area (Å²) in [5, 5.41) is 0. The first-order valence-corrected chi connectivity index (χ1v) is 6.48. The van der Waals surface area contributed by atoms with Crippen LogP contribution in [0.4, 0.5) is 0 Å². The van der Waals surface area contributed by atoms with E-state index in [2.05, 4.69) is 0 Å². The Labute approximate surface area is 104 Å². The summed E-state index contributed by atoms with van der Waals surface area (Å²) >= 11 is -1.15. The normalized spacial score (nSPS) is 12.2. The van der Waals surface area contributed by atoms with Gasteiger partial charge in [-0.15, -0.1) is 0 Å². The van der Waals surface area contributed by atoms with E-state index in [1.807, 2.05) is 49.4 Å². The molecule has 0 saturated heterocycles. The number of benzene rings is 2. The van der Waals surface area contributed by atoms with Crippen LogP contribution < -0.4 is 4.74 Å². The van der Waals surface area contributed by atoms with Crippen LogP contribution in [-0.4, -0.2) is 11.7 Å². The Morgan fingerprint density at radius 2 is 1.71 bits per heavy atom. The van der Waals surface area contributed by atoms with Gasteiger partial charge in [0.25, 0.3) is 0 Å². The first kappa shape index (κ1) is 12.0. The highest BCUT2D eigenvalue weighted by molar-refractivity contribution is 7.91. The number of rotatable bonds is 3. The molecule has 1 atom stereocenters. The predicted molar refractivity (Wildman–Crippen MR) is 68.8 cm³/mol. The zero-order chi connectivity index (χ0) is 12.3. The molecule has 0 aliphatic heterocycles. The molecule has 2 aromatic carbocycles. The Morgan fingerprint density at radius 1 is 1.00 bits per heavy atom. The second-order valence-corrected chi connectivity index (χ2v) is 5.24. The summed E-state index contributed by atoms with van der Waals surface area (Å²) in [5.74, 6) is 0.725. The standard InChI is InChI=1S/C14H14O2S/c1-11-6-8-13(9-7-11)17(15)14-5-3-4-12(10-14)16-2/h3-10H,1-2H3. The first-order valence-electron chi connectivity index (χ1n) is 5.33. The van der Waals surface area contributed by atoms with Crippen molar-refractivity contribution in [2.45, 2.75) is 16.7 Å². The first-order chi connectivity index (χ1) is 8.20. The van der Waals surface area contributed by atoms with E-state index in [9.17, 15) is 4.55 Å². The van der Waals surface area contributed by atoms with Crippen LogP contribution in [-0.2, 0) is 11.2 Å². The van der Waals surface area contributed by atoms with E-state index >= 15 is 0 Å². The average Bonchev–Trinajstić information content (AvgIpc) is 2.39. The van der Waals surface area contributed by atoms with Crippen LogP contribution in [0.2, 0.25) is 0 Å². The molecule has 2 nitrogen and oxygen atoms in total. The fourth-order valence-corrected chi connectivity index (χ4v) is 2.60. The van der Waals surface area contributed by atoms with E-state index in [0.29, 0.717) is 0 Å². The van der Waals surface area contributed by atoms with Crippen molar-refractivity contribution in [3.63, 3.8) is 0 Å². The third-order valence-electron chi connectivity index (χ3n) is 2.49. The van der Waals surface area contributed by atoms with E-state index in [1.165, 1.54) is 0 Å².